The summed E-state index contributed by atoms with van der Waals surface area (Å²) in [7, 11) is 0. The Morgan fingerprint density at radius 3 is 2.69 bits per heavy atom. The molecule has 1 amide bonds. The van der Waals surface area contributed by atoms with Crippen LogP contribution in [0.1, 0.15) is 29.6 Å². The zero-order valence-electron chi connectivity index (χ0n) is 20.2. The van der Waals surface area contributed by atoms with Gasteiger partial charge >= 0.3 is 0 Å². The summed E-state index contributed by atoms with van der Waals surface area (Å²) >= 11 is 0. The quantitative estimate of drug-likeness (QED) is 0.260. The molecule has 0 bridgehead atoms. The third-order valence-electron chi connectivity index (χ3n) is 6.85. The second kappa shape index (κ2) is 9.75. The maximum Gasteiger partial charge on any atom is 0.251 e. The number of nitrogens with zero attached hydrogens (tertiary/aromatic N) is 4. The fourth-order valence-corrected chi connectivity index (χ4v) is 4.70. The highest BCUT2D eigenvalue weighted by atomic mass is 16.5. The predicted molar refractivity (Wildman–Crippen MR) is 141 cm³/mol. The van der Waals surface area contributed by atoms with Crippen molar-refractivity contribution in [3.05, 3.63) is 54.2 Å². The van der Waals surface area contributed by atoms with Crippen molar-refractivity contribution < 1.29 is 9.53 Å². The highest BCUT2D eigenvalue weighted by Crippen LogP contribution is 2.29. The van der Waals surface area contributed by atoms with E-state index in [-0.39, 0.29) is 5.91 Å². The summed E-state index contributed by atoms with van der Waals surface area (Å²) in [4.78, 5) is 24.5. The summed E-state index contributed by atoms with van der Waals surface area (Å²) in [6.07, 6.45) is 5.01. The summed E-state index contributed by atoms with van der Waals surface area (Å²) in [6, 6.07) is 13.8. The molecule has 1 saturated carbocycles. The second-order valence-corrected chi connectivity index (χ2v) is 9.57. The molecule has 4 aromatic rings. The topological polar surface area (TPSA) is 110 Å². The first-order valence-corrected chi connectivity index (χ1v) is 12.7. The molecule has 3 heterocycles. The molecule has 0 atom stereocenters. The maximum absolute atomic E-state index is 12.4. The molecule has 9 nitrogen and oxygen atoms in total. The van der Waals surface area contributed by atoms with E-state index < -0.39 is 0 Å². The van der Waals surface area contributed by atoms with Crippen LogP contribution < -0.4 is 16.4 Å². The van der Waals surface area contributed by atoms with Crippen LogP contribution in [-0.4, -0.2) is 70.6 Å². The normalized spacial score (nSPS) is 16.4. The Labute approximate surface area is 209 Å². The van der Waals surface area contributed by atoms with Gasteiger partial charge in [0.15, 0.2) is 11.5 Å². The molecule has 1 aliphatic heterocycles. The van der Waals surface area contributed by atoms with Crippen LogP contribution in [0.3, 0.4) is 0 Å². The minimum absolute atomic E-state index is 0.0177. The molecule has 0 spiro atoms. The number of carbonyl (C=O) groups is 1. The van der Waals surface area contributed by atoms with E-state index >= 15 is 0 Å². The molecule has 2 aliphatic rings. The number of fused-ring (bicyclic) bond motifs is 3. The molecule has 2 aromatic heterocycles. The molecule has 2 aromatic carbocycles. The van der Waals surface area contributed by atoms with Gasteiger partial charge in [-0.05, 0) is 56.1 Å². The molecule has 186 valence electrons. The highest BCUT2D eigenvalue weighted by Gasteiger charge is 2.24. The smallest absolute Gasteiger partial charge is 0.251 e. The molecular formula is C27H31N7O2. The van der Waals surface area contributed by atoms with Gasteiger partial charge < -0.3 is 21.1 Å². The molecule has 6 rings (SSSR count). The Morgan fingerprint density at radius 2 is 1.92 bits per heavy atom. The molecule has 2 fully saturated rings. The van der Waals surface area contributed by atoms with E-state index in [1.54, 1.807) is 0 Å². The number of anilines is 2. The van der Waals surface area contributed by atoms with Crippen molar-refractivity contribution in [3.8, 4) is 11.3 Å². The number of nitrogen functional groups attached to an aromatic ring is 1. The third kappa shape index (κ3) is 4.72. The van der Waals surface area contributed by atoms with Gasteiger partial charge in [-0.25, -0.2) is 9.97 Å². The Balaban J connectivity index is 1.29. The lowest BCUT2D eigenvalue weighted by Gasteiger charge is -2.26. The van der Waals surface area contributed by atoms with Crippen LogP contribution in [0.25, 0.3) is 27.9 Å². The van der Waals surface area contributed by atoms with Crippen LogP contribution in [0, 0.1) is 0 Å². The largest absolute Gasteiger partial charge is 0.399 e. The van der Waals surface area contributed by atoms with Gasteiger partial charge in [-0.1, -0.05) is 12.1 Å². The average Bonchev–Trinajstić information content (AvgIpc) is 3.61. The Kier molecular flexibility index (Phi) is 6.16. The van der Waals surface area contributed by atoms with Gasteiger partial charge in [0, 0.05) is 42.5 Å². The zero-order valence-corrected chi connectivity index (χ0v) is 20.2. The van der Waals surface area contributed by atoms with Crippen LogP contribution >= 0.6 is 0 Å². The average molecular weight is 486 g/mol. The molecule has 1 saturated heterocycles. The van der Waals surface area contributed by atoms with Gasteiger partial charge in [-0.15, -0.1) is 0 Å². The fraction of sp³-hybridized carbons (Fsp3) is 0.370. The lowest BCUT2D eigenvalue weighted by molar-refractivity contribution is 0.0378. The van der Waals surface area contributed by atoms with E-state index in [0.29, 0.717) is 17.3 Å². The van der Waals surface area contributed by atoms with Crippen molar-refractivity contribution in [2.24, 2.45) is 0 Å². The Morgan fingerprint density at radius 1 is 1.11 bits per heavy atom. The third-order valence-corrected chi connectivity index (χ3v) is 6.85. The number of hydrogen-bond acceptors (Lipinski definition) is 7. The standard InChI is InChI=1S/C27H31N7O2/c28-20-6-9-23-22(16-20)32-25(29-10-1-11-33-12-14-36-15-13-33)26-30-17-24(34(23)26)18-2-4-19(5-3-18)27(35)31-21-7-8-21/h2-6,9,16-17,21H,1,7-8,10-15,28H2,(H,29,32)(H,31,35). The summed E-state index contributed by atoms with van der Waals surface area (Å²) in [5, 5.41) is 6.55. The zero-order chi connectivity index (χ0) is 24.5. The lowest BCUT2D eigenvalue weighted by Crippen LogP contribution is -2.37. The van der Waals surface area contributed by atoms with Crippen molar-refractivity contribution >= 4 is 34.1 Å². The van der Waals surface area contributed by atoms with Crippen molar-refractivity contribution in [3.63, 3.8) is 0 Å². The molecule has 9 heteroatoms. The number of rotatable bonds is 8. The number of carbonyl (C=O) groups excluding carboxylic acids is 1. The number of hydrogen-bond donors (Lipinski definition) is 3. The van der Waals surface area contributed by atoms with E-state index in [1.807, 2.05) is 48.7 Å². The first kappa shape index (κ1) is 22.8. The van der Waals surface area contributed by atoms with Crippen molar-refractivity contribution in [2.45, 2.75) is 25.3 Å². The van der Waals surface area contributed by atoms with E-state index in [1.165, 1.54) is 0 Å². The minimum atomic E-state index is -0.0177. The van der Waals surface area contributed by atoms with E-state index in [2.05, 4.69) is 19.9 Å². The van der Waals surface area contributed by atoms with Crippen molar-refractivity contribution in [1.29, 1.82) is 0 Å². The monoisotopic (exact) mass is 485 g/mol. The van der Waals surface area contributed by atoms with Crippen LogP contribution in [0.5, 0.6) is 0 Å². The summed E-state index contributed by atoms with van der Waals surface area (Å²) < 4.78 is 7.56. The second-order valence-electron chi connectivity index (χ2n) is 9.57. The number of nitrogens with one attached hydrogen (secondary N) is 2. The first-order valence-electron chi connectivity index (χ1n) is 12.7. The number of morpholine rings is 1. The van der Waals surface area contributed by atoms with Gasteiger partial charge in [0.05, 0.1) is 36.1 Å². The highest BCUT2D eigenvalue weighted by molar-refractivity contribution is 5.95. The van der Waals surface area contributed by atoms with Crippen LogP contribution in [-0.2, 0) is 4.74 Å². The van der Waals surface area contributed by atoms with Gasteiger partial charge in [0.25, 0.3) is 5.91 Å². The van der Waals surface area contributed by atoms with Gasteiger partial charge in [0.2, 0.25) is 0 Å². The molecule has 0 radical (unpaired) electrons. The first-order chi connectivity index (χ1) is 17.7. The molecule has 36 heavy (non-hydrogen) atoms. The summed E-state index contributed by atoms with van der Waals surface area (Å²) in [5.74, 6) is 0.720. The van der Waals surface area contributed by atoms with Gasteiger partial charge in [-0.3, -0.25) is 14.1 Å². The van der Waals surface area contributed by atoms with Crippen molar-refractivity contribution in [2.75, 3.05) is 50.4 Å². The van der Waals surface area contributed by atoms with Gasteiger partial charge in [-0.2, -0.15) is 0 Å². The lowest BCUT2D eigenvalue weighted by atomic mass is 10.1. The maximum atomic E-state index is 12.4. The van der Waals surface area contributed by atoms with E-state index in [0.717, 1.165) is 92.4 Å². The molecular weight excluding hydrogens is 454 g/mol. The fourth-order valence-electron chi connectivity index (χ4n) is 4.70. The minimum Gasteiger partial charge on any atom is -0.399 e. The number of imidazole rings is 1. The van der Waals surface area contributed by atoms with Crippen LogP contribution in [0.2, 0.25) is 0 Å². The summed E-state index contributed by atoms with van der Waals surface area (Å²) in [6.45, 7) is 5.41. The van der Waals surface area contributed by atoms with E-state index in [9.17, 15) is 4.79 Å². The van der Waals surface area contributed by atoms with Gasteiger partial charge in [0.1, 0.15) is 0 Å². The Hall–Kier alpha value is -3.69. The SMILES string of the molecule is Nc1ccc2c(c1)nc(NCCCN1CCOCC1)c1ncc(-c3ccc(C(=O)NC4CC4)cc3)n12. The van der Waals surface area contributed by atoms with Crippen LogP contribution in [0.15, 0.2) is 48.7 Å². The number of aromatic nitrogens is 3. The molecule has 0 unspecified atom stereocenters. The summed E-state index contributed by atoms with van der Waals surface area (Å²) in [5.41, 5.74) is 11.8. The van der Waals surface area contributed by atoms with E-state index in [4.69, 9.17) is 20.4 Å². The number of ether oxygens (including phenoxy) is 1. The van der Waals surface area contributed by atoms with Crippen molar-refractivity contribution in [1.82, 2.24) is 24.6 Å². The molecule has 4 N–H and O–H groups in total. The predicted octanol–water partition coefficient (Wildman–Crippen LogP) is 3.16. The van der Waals surface area contributed by atoms with Crippen LogP contribution in [0.4, 0.5) is 11.5 Å². The Bertz CT molecular complexity index is 1390. The number of nitrogens with two attached hydrogens (primary N) is 1. The number of amides is 1. The number of benzene rings is 2. The molecule has 1 aliphatic carbocycles.